The zero-order valence-corrected chi connectivity index (χ0v) is 15.9. The van der Waals surface area contributed by atoms with E-state index in [1.165, 1.54) is 11.1 Å². The van der Waals surface area contributed by atoms with Gasteiger partial charge in [0.05, 0.1) is 17.4 Å². The van der Waals surface area contributed by atoms with Crippen molar-refractivity contribution < 1.29 is 0 Å². The van der Waals surface area contributed by atoms with Crippen molar-refractivity contribution in [2.24, 2.45) is 0 Å². The summed E-state index contributed by atoms with van der Waals surface area (Å²) in [5.41, 5.74) is 5.62. The van der Waals surface area contributed by atoms with Gasteiger partial charge in [-0.05, 0) is 44.0 Å². The first-order chi connectivity index (χ1) is 13.2. The number of pyridine rings is 1. The van der Waals surface area contributed by atoms with E-state index in [1.807, 2.05) is 30.5 Å². The third-order valence-electron chi connectivity index (χ3n) is 4.98. The molecule has 3 aromatic rings. The minimum atomic E-state index is 0.127. The number of hydrogen-bond acceptors (Lipinski definition) is 5. The number of aryl methyl sites for hydroxylation is 1. The van der Waals surface area contributed by atoms with Gasteiger partial charge in [-0.15, -0.1) is 0 Å². The zero-order chi connectivity index (χ0) is 18.6. The summed E-state index contributed by atoms with van der Waals surface area (Å²) in [5.74, 6) is 1.71. The van der Waals surface area contributed by atoms with Gasteiger partial charge in [0.25, 0.3) is 0 Å². The van der Waals surface area contributed by atoms with Gasteiger partial charge in [-0.3, -0.25) is 4.98 Å². The molecule has 2 aromatic heterocycles. The fraction of sp³-hybridized carbons (Fsp3) is 0.318. The van der Waals surface area contributed by atoms with E-state index in [9.17, 15) is 0 Å². The fourth-order valence-corrected chi connectivity index (χ4v) is 3.50. The van der Waals surface area contributed by atoms with Crippen LogP contribution in [0.3, 0.4) is 0 Å². The molecule has 4 rings (SSSR count). The highest BCUT2D eigenvalue weighted by Gasteiger charge is 2.21. The Morgan fingerprint density at radius 3 is 2.78 bits per heavy atom. The number of fused-ring (bicyclic) bond motifs is 1. The van der Waals surface area contributed by atoms with Crippen molar-refractivity contribution in [3.63, 3.8) is 0 Å². The molecule has 0 radical (unpaired) electrons. The van der Waals surface area contributed by atoms with Crippen LogP contribution in [0.15, 0.2) is 48.7 Å². The van der Waals surface area contributed by atoms with Crippen molar-refractivity contribution in [3.05, 3.63) is 71.2 Å². The molecule has 0 bridgehead atoms. The van der Waals surface area contributed by atoms with Crippen molar-refractivity contribution in [1.82, 2.24) is 20.3 Å². The van der Waals surface area contributed by atoms with Crippen LogP contribution in [0.2, 0.25) is 0 Å². The Bertz CT molecular complexity index is 923. The summed E-state index contributed by atoms with van der Waals surface area (Å²) in [7, 11) is 0. The van der Waals surface area contributed by atoms with Crippen LogP contribution in [0.25, 0.3) is 11.4 Å². The molecule has 0 aliphatic carbocycles. The molecule has 27 heavy (non-hydrogen) atoms. The van der Waals surface area contributed by atoms with Crippen LogP contribution in [0.1, 0.15) is 41.9 Å². The van der Waals surface area contributed by atoms with Crippen LogP contribution >= 0.6 is 0 Å². The maximum Gasteiger partial charge on any atom is 0.161 e. The van der Waals surface area contributed by atoms with E-state index in [4.69, 9.17) is 9.97 Å². The SMILES string of the molecule is CCC(Nc1nc(-c2ccccc2)nc2c1CCNC2)c1cc(C)ccn1. The van der Waals surface area contributed by atoms with Crippen LogP contribution in [0, 0.1) is 6.92 Å². The van der Waals surface area contributed by atoms with Crippen molar-refractivity contribution in [2.45, 2.75) is 39.3 Å². The van der Waals surface area contributed by atoms with E-state index in [-0.39, 0.29) is 6.04 Å². The summed E-state index contributed by atoms with van der Waals surface area (Å²) in [6.07, 6.45) is 3.75. The van der Waals surface area contributed by atoms with Gasteiger partial charge in [0.2, 0.25) is 0 Å². The van der Waals surface area contributed by atoms with Gasteiger partial charge in [0, 0.05) is 23.9 Å². The van der Waals surface area contributed by atoms with Crippen LogP contribution < -0.4 is 10.6 Å². The third-order valence-corrected chi connectivity index (χ3v) is 4.98. The molecule has 1 aliphatic heterocycles. The monoisotopic (exact) mass is 359 g/mol. The second-order valence-corrected chi connectivity index (χ2v) is 6.98. The predicted molar refractivity (Wildman–Crippen MR) is 109 cm³/mol. The molecule has 0 amide bonds. The molecule has 1 atom stereocenters. The van der Waals surface area contributed by atoms with E-state index < -0.39 is 0 Å². The first kappa shape index (κ1) is 17.6. The Balaban J connectivity index is 1.74. The normalized spacial score (nSPS) is 14.4. The zero-order valence-electron chi connectivity index (χ0n) is 15.9. The quantitative estimate of drug-likeness (QED) is 0.719. The van der Waals surface area contributed by atoms with Crippen LogP contribution in [0.4, 0.5) is 5.82 Å². The lowest BCUT2D eigenvalue weighted by atomic mass is 10.0. The molecule has 2 N–H and O–H groups in total. The standard InChI is InChI=1S/C22H25N5/c1-3-18(19-13-15(2)9-12-24-19)25-22-17-10-11-23-14-20(17)26-21(27-22)16-7-5-4-6-8-16/h4-9,12-13,18,23H,3,10-11,14H2,1-2H3,(H,25,26,27). The molecule has 138 valence electrons. The Morgan fingerprint density at radius 2 is 2.00 bits per heavy atom. The Hall–Kier alpha value is -2.79. The van der Waals surface area contributed by atoms with Crippen LogP contribution in [-0.2, 0) is 13.0 Å². The van der Waals surface area contributed by atoms with Crippen molar-refractivity contribution in [1.29, 1.82) is 0 Å². The van der Waals surface area contributed by atoms with Gasteiger partial charge in [0.15, 0.2) is 5.82 Å². The summed E-state index contributed by atoms with van der Waals surface area (Å²) >= 11 is 0. The van der Waals surface area contributed by atoms with E-state index in [1.54, 1.807) is 0 Å². The van der Waals surface area contributed by atoms with Gasteiger partial charge in [-0.25, -0.2) is 9.97 Å². The summed E-state index contributed by atoms with van der Waals surface area (Å²) in [5, 5.41) is 7.09. The molecule has 1 aliphatic rings. The lowest BCUT2D eigenvalue weighted by Crippen LogP contribution is -2.27. The summed E-state index contributed by atoms with van der Waals surface area (Å²) < 4.78 is 0. The average Bonchev–Trinajstić information content (AvgIpc) is 2.72. The maximum atomic E-state index is 4.91. The molecule has 5 nitrogen and oxygen atoms in total. The summed E-state index contributed by atoms with van der Waals surface area (Å²) in [6, 6.07) is 14.5. The lowest BCUT2D eigenvalue weighted by Gasteiger charge is -2.24. The topological polar surface area (TPSA) is 62.7 Å². The molecule has 5 heteroatoms. The molecule has 1 unspecified atom stereocenters. The summed E-state index contributed by atoms with van der Waals surface area (Å²) in [6.45, 7) is 6.01. The highest BCUT2D eigenvalue weighted by atomic mass is 15.1. The number of rotatable bonds is 5. The molecular formula is C22H25N5. The Labute approximate surface area is 160 Å². The number of aromatic nitrogens is 3. The minimum absolute atomic E-state index is 0.127. The summed E-state index contributed by atoms with van der Waals surface area (Å²) in [4.78, 5) is 14.3. The van der Waals surface area contributed by atoms with E-state index in [0.717, 1.165) is 54.5 Å². The van der Waals surface area contributed by atoms with Crippen LogP contribution in [0.5, 0.6) is 0 Å². The van der Waals surface area contributed by atoms with Crippen molar-refractivity contribution in [3.8, 4) is 11.4 Å². The number of nitrogens with one attached hydrogen (secondary N) is 2. The van der Waals surface area contributed by atoms with Crippen LogP contribution in [-0.4, -0.2) is 21.5 Å². The highest BCUT2D eigenvalue weighted by Crippen LogP contribution is 2.28. The lowest BCUT2D eigenvalue weighted by molar-refractivity contribution is 0.621. The number of anilines is 1. The highest BCUT2D eigenvalue weighted by molar-refractivity contribution is 5.60. The molecule has 1 aromatic carbocycles. The van der Waals surface area contributed by atoms with E-state index >= 15 is 0 Å². The van der Waals surface area contributed by atoms with Gasteiger partial charge in [-0.1, -0.05) is 37.3 Å². The second-order valence-electron chi connectivity index (χ2n) is 6.98. The van der Waals surface area contributed by atoms with E-state index in [0.29, 0.717) is 0 Å². The number of nitrogens with zero attached hydrogens (tertiary/aromatic N) is 3. The molecule has 3 heterocycles. The largest absolute Gasteiger partial charge is 0.361 e. The molecule has 0 saturated heterocycles. The molecule has 0 spiro atoms. The average molecular weight is 359 g/mol. The molecule has 0 saturated carbocycles. The maximum absolute atomic E-state index is 4.91. The molecule has 0 fully saturated rings. The smallest absolute Gasteiger partial charge is 0.161 e. The van der Waals surface area contributed by atoms with Gasteiger partial charge >= 0.3 is 0 Å². The van der Waals surface area contributed by atoms with E-state index in [2.05, 4.69) is 47.7 Å². The molecular weight excluding hydrogens is 334 g/mol. The first-order valence-corrected chi connectivity index (χ1v) is 9.59. The fourth-order valence-electron chi connectivity index (χ4n) is 3.50. The third kappa shape index (κ3) is 3.83. The van der Waals surface area contributed by atoms with Crippen molar-refractivity contribution >= 4 is 5.82 Å². The predicted octanol–water partition coefficient (Wildman–Crippen LogP) is 4.06. The minimum Gasteiger partial charge on any atom is -0.361 e. The van der Waals surface area contributed by atoms with Gasteiger partial charge in [-0.2, -0.15) is 0 Å². The van der Waals surface area contributed by atoms with Gasteiger partial charge < -0.3 is 10.6 Å². The van der Waals surface area contributed by atoms with Crippen molar-refractivity contribution in [2.75, 3.05) is 11.9 Å². The number of benzene rings is 1. The van der Waals surface area contributed by atoms with Gasteiger partial charge in [0.1, 0.15) is 5.82 Å². The Morgan fingerprint density at radius 1 is 1.15 bits per heavy atom. The number of hydrogen-bond donors (Lipinski definition) is 2. The Kier molecular flexibility index (Phi) is 5.12. The second kappa shape index (κ2) is 7.84. The first-order valence-electron chi connectivity index (χ1n) is 9.59.